The van der Waals surface area contributed by atoms with Crippen LogP contribution in [0.25, 0.3) is 33.5 Å². The van der Waals surface area contributed by atoms with Gasteiger partial charge < -0.3 is 24.8 Å². The fourth-order valence-corrected chi connectivity index (χ4v) is 6.24. The second kappa shape index (κ2) is 16.9. The molecule has 3 aromatic carbocycles. The van der Waals surface area contributed by atoms with Gasteiger partial charge in [0.25, 0.3) is 0 Å². The molecule has 44 heavy (non-hydrogen) atoms. The third-order valence-electron chi connectivity index (χ3n) is 7.87. The minimum absolute atomic E-state index is 0.838. The van der Waals surface area contributed by atoms with E-state index in [0.717, 1.165) is 81.3 Å². The Bertz CT molecular complexity index is 1450. The average Bonchev–Trinajstić information content (AvgIpc) is 3.69. The van der Waals surface area contributed by atoms with Gasteiger partial charge in [0.2, 0.25) is 0 Å². The highest BCUT2D eigenvalue weighted by molar-refractivity contribution is 7.99. The molecule has 5 rings (SSSR count). The van der Waals surface area contributed by atoms with Crippen LogP contribution < -0.4 is 14.8 Å². The van der Waals surface area contributed by atoms with Gasteiger partial charge in [-0.1, -0.05) is 49.6 Å². The Kier molecular flexibility index (Phi) is 12.2. The van der Waals surface area contributed by atoms with E-state index in [-0.39, 0.29) is 0 Å². The summed E-state index contributed by atoms with van der Waals surface area (Å²) in [7, 11) is 3.37. The number of rotatable bonds is 19. The molecule has 0 atom stereocenters. The summed E-state index contributed by atoms with van der Waals surface area (Å²) in [5.74, 6) is 3.85. The van der Waals surface area contributed by atoms with Crippen molar-refractivity contribution < 1.29 is 9.47 Å². The number of methoxy groups -OCH3 is 2. The van der Waals surface area contributed by atoms with Crippen LogP contribution in [0.4, 0.5) is 0 Å². The number of thioether (sulfide) groups is 1. The van der Waals surface area contributed by atoms with E-state index in [4.69, 9.17) is 14.5 Å². The summed E-state index contributed by atoms with van der Waals surface area (Å²) >= 11 is 1.80. The first-order valence-corrected chi connectivity index (χ1v) is 16.9. The average molecular weight is 612 g/mol. The van der Waals surface area contributed by atoms with Gasteiger partial charge in [0.05, 0.1) is 36.6 Å². The van der Waals surface area contributed by atoms with E-state index < -0.39 is 0 Å². The monoisotopic (exact) mass is 611 g/mol. The normalized spacial score (nSPS) is 11.3. The number of hydrogen-bond donors (Lipinski definition) is 3. The van der Waals surface area contributed by atoms with Crippen molar-refractivity contribution in [1.29, 1.82) is 0 Å². The highest BCUT2D eigenvalue weighted by Gasteiger charge is 2.15. The number of nitrogens with zero attached hydrogens (tertiary/aromatic N) is 2. The quantitative estimate of drug-likeness (QED) is 0.0640. The van der Waals surface area contributed by atoms with Gasteiger partial charge in [0, 0.05) is 23.3 Å². The first-order chi connectivity index (χ1) is 21.7. The number of aryl methyl sites for hydroxylation is 1. The number of imidazole rings is 2. The molecule has 0 bridgehead atoms. The SMILES string of the molecule is COc1ccc(-c2nc(SCCCCCNCCCCCCCc3nc4ccccc4[nH]3)[nH]c2-c2ccc(OC)cc2)cc1. The standard InChI is InChI=1S/C36H45N5O2S/c1-42-29-20-16-27(17-21-29)34-35(28-18-22-30(43-2)23-19-28)41-36(40-34)44-26-12-6-11-25-37-24-10-5-3-4-7-15-33-38-31-13-8-9-14-32(31)39-33/h8-9,13-14,16-23,37H,3-7,10-12,15,24-26H2,1-2H3,(H,38,39)(H,40,41). The van der Waals surface area contributed by atoms with Crippen molar-refractivity contribution in [2.24, 2.45) is 0 Å². The summed E-state index contributed by atoms with van der Waals surface area (Å²) in [6, 6.07) is 24.5. The number of aromatic amines is 2. The molecule has 2 heterocycles. The molecule has 0 radical (unpaired) electrons. The Morgan fingerprint density at radius 3 is 2.00 bits per heavy atom. The lowest BCUT2D eigenvalue weighted by Gasteiger charge is -2.06. The predicted octanol–water partition coefficient (Wildman–Crippen LogP) is 8.68. The Hall–Kier alpha value is -3.75. The number of H-pyrrole nitrogens is 2. The number of benzene rings is 3. The molecular formula is C36H45N5O2S. The molecule has 0 aliphatic carbocycles. The lowest BCUT2D eigenvalue weighted by molar-refractivity contribution is 0.414. The van der Waals surface area contributed by atoms with Gasteiger partial charge in [-0.3, -0.25) is 0 Å². The molecule has 0 unspecified atom stereocenters. The van der Waals surface area contributed by atoms with Crippen LogP contribution in [0.5, 0.6) is 11.5 Å². The maximum absolute atomic E-state index is 5.35. The van der Waals surface area contributed by atoms with Crippen LogP contribution in [0.15, 0.2) is 78.0 Å². The molecule has 3 N–H and O–H groups in total. The van der Waals surface area contributed by atoms with Crippen LogP contribution >= 0.6 is 11.8 Å². The van der Waals surface area contributed by atoms with Gasteiger partial charge in [-0.2, -0.15) is 0 Å². The summed E-state index contributed by atoms with van der Waals surface area (Å²) in [5.41, 5.74) is 6.34. The van der Waals surface area contributed by atoms with Gasteiger partial charge >= 0.3 is 0 Å². The topological polar surface area (TPSA) is 87.9 Å². The fourth-order valence-electron chi connectivity index (χ4n) is 5.36. The van der Waals surface area contributed by atoms with Gasteiger partial charge in [-0.05, 0) is 99.4 Å². The van der Waals surface area contributed by atoms with Crippen molar-refractivity contribution >= 4 is 22.8 Å². The van der Waals surface area contributed by atoms with Crippen molar-refractivity contribution in [2.75, 3.05) is 33.1 Å². The number of nitrogens with one attached hydrogen (secondary N) is 3. The van der Waals surface area contributed by atoms with Crippen LogP contribution in [0, 0.1) is 0 Å². The molecule has 0 amide bonds. The third kappa shape index (κ3) is 9.13. The lowest BCUT2D eigenvalue weighted by atomic mass is 10.0. The van der Waals surface area contributed by atoms with E-state index in [1.807, 2.05) is 30.3 Å². The summed E-state index contributed by atoms with van der Waals surface area (Å²) in [4.78, 5) is 16.7. The number of ether oxygens (including phenoxy) is 2. The number of fused-ring (bicyclic) bond motifs is 1. The maximum atomic E-state index is 5.35. The zero-order valence-corrected chi connectivity index (χ0v) is 26.8. The molecule has 0 fully saturated rings. The zero-order valence-electron chi connectivity index (χ0n) is 26.0. The number of hydrogen-bond acceptors (Lipinski definition) is 6. The number of para-hydroxylation sites is 2. The molecule has 0 saturated heterocycles. The second-order valence-electron chi connectivity index (χ2n) is 11.1. The minimum Gasteiger partial charge on any atom is -0.497 e. The van der Waals surface area contributed by atoms with Crippen LogP contribution in [-0.4, -0.2) is 53.0 Å². The van der Waals surface area contributed by atoms with Gasteiger partial charge in [-0.25, -0.2) is 9.97 Å². The van der Waals surface area contributed by atoms with Crippen LogP contribution in [-0.2, 0) is 6.42 Å². The van der Waals surface area contributed by atoms with Crippen LogP contribution in [0.3, 0.4) is 0 Å². The first-order valence-electron chi connectivity index (χ1n) is 15.9. The van der Waals surface area contributed by atoms with Crippen molar-refractivity contribution in [2.45, 2.75) is 62.9 Å². The Morgan fingerprint density at radius 1 is 0.659 bits per heavy atom. The molecule has 0 saturated carbocycles. The molecule has 0 spiro atoms. The molecular weight excluding hydrogens is 566 g/mol. The van der Waals surface area contributed by atoms with Crippen molar-refractivity contribution in [3.63, 3.8) is 0 Å². The highest BCUT2D eigenvalue weighted by atomic mass is 32.2. The Labute approximate surface area is 265 Å². The molecule has 0 aliphatic rings. The summed E-state index contributed by atoms with van der Waals surface area (Å²) in [5, 5.41) is 4.59. The van der Waals surface area contributed by atoms with E-state index in [0.29, 0.717) is 0 Å². The van der Waals surface area contributed by atoms with Crippen LogP contribution in [0.2, 0.25) is 0 Å². The summed E-state index contributed by atoms with van der Waals surface area (Å²) in [6.45, 7) is 2.22. The maximum Gasteiger partial charge on any atom is 0.166 e. The molecule has 7 nitrogen and oxygen atoms in total. The molecule has 5 aromatic rings. The van der Waals surface area contributed by atoms with Crippen LogP contribution in [0.1, 0.15) is 57.2 Å². The largest absolute Gasteiger partial charge is 0.497 e. The van der Waals surface area contributed by atoms with Crippen molar-refractivity contribution in [3.05, 3.63) is 78.6 Å². The predicted molar refractivity (Wildman–Crippen MR) is 183 cm³/mol. The minimum atomic E-state index is 0.838. The Morgan fingerprint density at radius 2 is 1.30 bits per heavy atom. The second-order valence-corrected chi connectivity index (χ2v) is 12.2. The van der Waals surface area contributed by atoms with E-state index in [1.165, 1.54) is 51.4 Å². The molecule has 8 heteroatoms. The Balaban J connectivity index is 0.951. The summed E-state index contributed by atoms with van der Waals surface area (Å²) in [6.07, 6.45) is 11.0. The first kappa shape index (κ1) is 31.7. The molecule has 0 aliphatic heterocycles. The van der Waals surface area contributed by atoms with E-state index in [1.54, 1.807) is 26.0 Å². The van der Waals surface area contributed by atoms with Gasteiger partial charge in [-0.15, -0.1) is 0 Å². The smallest absolute Gasteiger partial charge is 0.166 e. The molecule has 2 aromatic heterocycles. The number of unbranched alkanes of at least 4 members (excludes halogenated alkanes) is 6. The summed E-state index contributed by atoms with van der Waals surface area (Å²) < 4.78 is 10.7. The third-order valence-corrected chi connectivity index (χ3v) is 8.83. The van der Waals surface area contributed by atoms with Gasteiger partial charge in [0.15, 0.2) is 5.16 Å². The zero-order chi connectivity index (χ0) is 30.4. The van der Waals surface area contributed by atoms with Gasteiger partial charge in [0.1, 0.15) is 17.3 Å². The molecule has 232 valence electrons. The highest BCUT2D eigenvalue weighted by Crippen LogP contribution is 2.34. The van der Waals surface area contributed by atoms with E-state index in [9.17, 15) is 0 Å². The van der Waals surface area contributed by atoms with E-state index >= 15 is 0 Å². The number of aromatic nitrogens is 4. The lowest BCUT2D eigenvalue weighted by Crippen LogP contribution is -2.16. The van der Waals surface area contributed by atoms with Crippen molar-refractivity contribution in [1.82, 2.24) is 25.3 Å². The fraction of sp³-hybridized carbons (Fsp3) is 0.389. The van der Waals surface area contributed by atoms with E-state index in [2.05, 4.69) is 62.7 Å². The van der Waals surface area contributed by atoms with Crippen molar-refractivity contribution in [3.8, 4) is 34.0 Å².